The van der Waals surface area contributed by atoms with Crippen molar-refractivity contribution < 1.29 is 17.7 Å². The highest BCUT2D eigenvalue weighted by molar-refractivity contribution is 14.1. The maximum absolute atomic E-state index is 11.9. The largest absolute Gasteiger partial charge is 0.389 e. The van der Waals surface area contributed by atoms with Gasteiger partial charge in [-0.3, -0.25) is 4.18 Å². The zero-order valence-electron chi connectivity index (χ0n) is 10.5. The Morgan fingerprint density at radius 1 is 1.22 bits per heavy atom. The van der Waals surface area contributed by atoms with Crippen LogP contribution in [0.5, 0.6) is 0 Å². The molecule has 0 spiro atoms. The van der Waals surface area contributed by atoms with Crippen LogP contribution in [0.4, 0.5) is 0 Å². The minimum Gasteiger partial charge on any atom is -0.389 e. The van der Waals surface area contributed by atoms with E-state index in [1.54, 1.807) is 26.0 Å². The molecule has 0 aliphatic rings. The fraction of sp³-hybridized carbons (Fsp3) is 0.500. The number of hydrogen-bond acceptors (Lipinski definition) is 4. The van der Waals surface area contributed by atoms with Crippen LogP contribution in [-0.2, 0) is 14.3 Å². The maximum atomic E-state index is 11.9. The average Bonchev–Trinajstić information content (AvgIpc) is 2.27. The van der Waals surface area contributed by atoms with Gasteiger partial charge in [-0.1, -0.05) is 47.2 Å². The zero-order valence-corrected chi connectivity index (χ0v) is 13.5. The first-order valence-corrected chi connectivity index (χ1v) is 8.21. The van der Waals surface area contributed by atoms with Crippen LogP contribution < -0.4 is 0 Å². The van der Waals surface area contributed by atoms with E-state index in [0.29, 0.717) is 0 Å². The van der Waals surface area contributed by atoms with Gasteiger partial charge in [0.05, 0.1) is 11.0 Å². The predicted molar refractivity (Wildman–Crippen MR) is 78.4 cm³/mol. The molecule has 0 bridgehead atoms. The van der Waals surface area contributed by atoms with Crippen molar-refractivity contribution >= 4 is 32.7 Å². The molecule has 0 amide bonds. The molecule has 1 aromatic carbocycles. The van der Waals surface area contributed by atoms with Gasteiger partial charge < -0.3 is 5.11 Å². The van der Waals surface area contributed by atoms with Crippen LogP contribution in [0.15, 0.2) is 29.2 Å². The molecule has 0 aliphatic carbocycles. The summed E-state index contributed by atoms with van der Waals surface area (Å²) in [6.45, 7) is 5.22. The van der Waals surface area contributed by atoms with Gasteiger partial charge in [0.2, 0.25) is 0 Å². The molecule has 102 valence electrons. The van der Waals surface area contributed by atoms with Gasteiger partial charge in [0.1, 0.15) is 6.10 Å². The molecule has 1 aromatic rings. The fourth-order valence-electron chi connectivity index (χ4n) is 1.39. The van der Waals surface area contributed by atoms with Gasteiger partial charge in [-0.2, -0.15) is 8.42 Å². The third-order valence-electron chi connectivity index (χ3n) is 2.54. The van der Waals surface area contributed by atoms with Crippen molar-refractivity contribution in [2.75, 3.05) is 0 Å². The van der Waals surface area contributed by atoms with E-state index in [9.17, 15) is 13.5 Å². The van der Waals surface area contributed by atoms with Gasteiger partial charge in [0.15, 0.2) is 0 Å². The Kier molecular flexibility index (Phi) is 5.57. The summed E-state index contributed by atoms with van der Waals surface area (Å²) in [5.41, 5.74) is 0.975. The molecule has 1 N–H and O–H groups in total. The quantitative estimate of drug-likeness (QED) is 0.481. The normalized spacial score (nSPS) is 17.2. The van der Waals surface area contributed by atoms with E-state index >= 15 is 0 Å². The van der Waals surface area contributed by atoms with E-state index < -0.39 is 22.3 Å². The van der Waals surface area contributed by atoms with Gasteiger partial charge in [0, 0.05) is 3.92 Å². The Balaban J connectivity index is 2.85. The summed E-state index contributed by atoms with van der Waals surface area (Å²) in [6.07, 6.45) is -1.60. The second-order valence-electron chi connectivity index (χ2n) is 4.24. The highest BCUT2D eigenvalue weighted by Gasteiger charge is 2.26. The van der Waals surface area contributed by atoms with Crippen molar-refractivity contribution in [2.24, 2.45) is 0 Å². The summed E-state index contributed by atoms with van der Waals surface area (Å²) in [7, 11) is -3.82. The third kappa shape index (κ3) is 4.18. The molecule has 0 fully saturated rings. The second kappa shape index (κ2) is 6.31. The molecule has 0 unspecified atom stereocenters. The smallest absolute Gasteiger partial charge is 0.297 e. The van der Waals surface area contributed by atoms with E-state index in [-0.39, 0.29) is 8.82 Å². The first-order chi connectivity index (χ1) is 8.24. The van der Waals surface area contributed by atoms with E-state index in [1.165, 1.54) is 12.1 Å². The maximum Gasteiger partial charge on any atom is 0.297 e. The molecule has 1 rings (SSSR count). The molecule has 0 saturated carbocycles. The van der Waals surface area contributed by atoms with Crippen molar-refractivity contribution in [2.45, 2.75) is 41.8 Å². The topological polar surface area (TPSA) is 63.6 Å². The van der Waals surface area contributed by atoms with Gasteiger partial charge in [-0.25, -0.2) is 0 Å². The van der Waals surface area contributed by atoms with Crippen molar-refractivity contribution in [3.05, 3.63) is 29.8 Å². The molecule has 0 aromatic heterocycles. The lowest BCUT2D eigenvalue weighted by Crippen LogP contribution is -2.34. The van der Waals surface area contributed by atoms with Crippen LogP contribution in [0.2, 0.25) is 0 Å². The Morgan fingerprint density at radius 3 is 2.17 bits per heavy atom. The van der Waals surface area contributed by atoms with Gasteiger partial charge >= 0.3 is 0 Å². The first kappa shape index (κ1) is 15.9. The number of aliphatic hydroxyl groups excluding tert-OH is 1. The zero-order chi connectivity index (χ0) is 13.9. The fourth-order valence-corrected chi connectivity index (χ4v) is 3.07. The van der Waals surface area contributed by atoms with Crippen LogP contribution >= 0.6 is 22.6 Å². The highest BCUT2D eigenvalue weighted by Crippen LogP contribution is 2.19. The van der Waals surface area contributed by atoms with Crippen molar-refractivity contribution in [1.82, 2.24) is 0 Å². The second-order valence-corrected chi connectivity index (χ2v) is 7.77. The molecular formula is C12H17IO4S. The molecule has 3 atom stereocenters. The van der Waals surface area contributed by atoms with E-state index in [1.807, 2.05) is 29.5 Å². The average molecular weight is 384 g/mol. The molecule has 6 heteroatoms. The highest BCUT2D eigenvalue weighted by atomic mass is 127. The van der Waals surface area contributed by atoms with Crippen molar-refractivity contribution in [1.29, 1.82) is 0 Å². The molecule has 0 saturated heterocycles. The lowest BCUT2D eigenvalue weighted by Gasteiger charge is -2.21. The molecule has 0 aliphatic heterocycles. The van der Waals surface area contributed by atoms with Crippen LogP contribution in [0.3, 0.4) is 0 Å². The van der Waals surface area contributed by atoms with Crippen molar-refractivity contribution in [3.8, 4) is 0 Å². The Labute approximate surface area is 122 Å². The molecule has 0 radical (unpaired) electrons. The number of aliphatic hydroxyl groups is 1. The van der Waals surface area contributed by atoms with E-state index in [4.69, 9.17) is 4.18 Å². The first-order valence-electron chi connectivity index (χ1n) is 5.56. The van der Waals surface area contributed by atoms with Crippen molar-refractivity contribution in [3.63, 3.8) is 0 Å². The summed E-state index contributed by atoms with van der Waals surface area (Å²) < 4.78 is 28.8. The Morgan fingerprint density at radius 2 is 1.72 bits per heavy atom. The summed E-state index contributed by atoms with van der Waals surface area (Å²) in [5.74, 6) is 0. The molecular weight excluding hydrogens is 367 g/mol. The SMILES string of the molecule is Cc1ccc(S(=O)(=O)O[C@@H](C)[C@H](O)[C@@H](C)I)cc1. The standard InChI is InChI=1S/C12H17IO4S/c1-8-4-6-11(7-5-8)18(15,16)17-10(3)12(14)9(2)13/h4-7,9-10,12,14H,1-3H3/t9-,10+,12-/m1/s1. The van der Waals surface area contributed by atoms with Gasteiger partial charge in [0.25, 0.3) is 10.1 Å². The Bertz CT molecular complexity index is 481. The minimum atomic E-state index is -3.82. The monoisotopic (exact) mass is 384 g/mol. The summed E-state index contributed by atoms with van der Waals surface area (Å²) >= 11 is 2.03. The predicted octanol–water partition coefficient (Wildman–Crippen LogP) is 2.27. The molecule has 4 nitrogen and oxygen atoms in total. The van der Waals surface area contributed by atoms with Gasteiger partial charge in [-0.05, 0) is 26.0 Å². The van der Waals surface area contributed by atoms with Crippen LogP contribution in [0.25, 0.3) is 0 Å². The summed E-state index contributed by atoms with van der Waals surface area (Å²) in [4.78, 5) is 0.105. The lowest BCUT2D eigenvalue weighted by molar-refractivity contribution is 0.0557. The number of aryl methyl sites for hydroxylation is 1. The Hall–Kier alpha value is -0.180. The molecule has 0 heterocycles. The minimum absolute atomic E-state index is 0.0918. The van der Waals surface area contributed by atoms with Crippen LogP contribution in [0.1, 0.15) is 19.4 Å². The number of hydrogen-bond donors (Lipinski definition) is 1. The molecule has 18 heavy (non-hydrogen) atoms. The van der Waals surface area contributed by atoms with E-state index in [2.05, 4.69) is 0 Å². The number of rotatable bonds is 5. The number of halogens is 1. The third-order valence-corrected chi connectivity index (χ3v) is 4.68. The summed E-state index contributed by atoms with van der Waals surface area (Å²) in [6, 6.07) is 6.41. The van der Waals surface area contributed by atoms with Gasteiger partial charge in [-0.15, -0.1) is 0 Å². The number of alkyl halides is 1. The summed E-state index contributed by atoms with van der Waals surface area (Å²) in [5, 5.41) is 9.75. The number of benzene rings is 1. The van der Waals surface area contributed by atoms with Crippen LogP contribution in [0, 0.1) is 6.92 Å². The van der Waals surface area contributed by atoms with Crippen LogP contribution in [-0.4, -0.2) is 29.7 Å². The lowest BCUT2D eigenvalue weighted by atomic mass is 10.2. The van der Waals surface area contributed by atoms with E-state index in [0.717, 1.165) is 5.56 Å².